The van der Waals surface area contributed by atoms with Gasteiger partial charge in [0.2, 0.25) is 0 Å². The van der Waals surface area contributed by atoms with Crippen LogP contribution in [-0.4, -0.2) is 28.9 Å². The van der Waals surface area contributed by atoms with Crippen LogP contribution in [0.25, 0.3) is 0 Å². The highest BCUT2D eigenvalue weighted by Crippen LogP contribution is 2.37. The minimum absolute atomic E-state index is 0.0840. The summed E-state index contributed by atoms with van der Waals surface area (Å²) in [5.74, 6) is 1.13. The van der Waals surface area contributed by atoms with Crippen molar-refractivity contribution >= 4 is 11.9 Å². The number of carbonyl (C=O) groups is 1. The summed E-state index contributed by atoms with van der Waals surface area (Å²) in [6, 6.07) is 0.466. The van der Waals surface area contributed by atoms with Gasteiger partial charge < -0.3 is 10.6 Å². The number of amidine groups is 1. The molecule has 94 valence electrons. The molecule has 2 fully saturated rings. The van der Waals surface area contributed by atoms with E-state index in [9.17, 15) is 4.79 Å². The fourth-order valence-corrected chi connectivity index (χ4v) is 3.33. The molecule has 1 heterocycles. The van der Waals surface area contributed by atoms with Gasteiger partial charge in [-0.25, -0.2) is 4.79 Å². The Labute approximate surface area is 102 Å². The summed E-state index contributed by atoms with van der Waals surface area (Å²) >= 11 is 0. The summed E-state index contributed by atoms with van der Waals surface area (Å²) < 4.78 is 0. The Morgan fingerprint density at radius 1 is 1.06 bits per heavy atom. The highest BCUT2D eigenvalue weighted by molar-refractivity contribution is 6.03. The molecule has 4 nitrogen and oxygen atoms in total. The van der Waals surface area contributed by atoms with Gasteiger partial charge in [-0.2, -0.15) is 4.99 Å². The molecule has 0 radical (unpaired) electrons. The maximum absolute atomic E-state index is 11.9. The zero-order valence-electron chi connectivity index (χ0n) is 10.3. The second-order valence-corrected chi connectivity index (χ2v) is 5.65. The van der Waals surface area contributed by atoms with Crippen molar-refractivity contribution in [1.29, 1.82) is 0 Å². The molecule has 1 aliphatic heterocycles. The summed E-state index contributed by atoms with van der Waals surface area (Å²) in [5.41, 5.74) is 5.99. The average Bonchev–Trinajstić information content (AvgIpc) is 3.10. The van der Waals surface area contributed by atoms with Gasteiger partial charge in [-0.1, -0.05) is 25.7 Å². The molecule has 2 amide bonds. The maximum Gasteiger partial charge on any atom is 0.346 e. The first kappa shape index (κ1) is 11.1. The zero-order valence-corrected chi connectivity index (χ0v) is 10.3. The van der Waals surface area contributed by atoms with Crippen LogP contribution in [0.3, 0.4) is 0 Å². The first-order valence-electron chi connectivity index (χ1n) is 6.94. The maximum atomic E-state index is 11.9. The minimum Gasteiger partial charge on any atom is -0.385 e. The predicted molar refractivity (Wildman–Crippen MR) is 66.9 cm³/mol. The molecule has 0 aromatic carbocycles. The van der Waals surface area contributed by atoms with E-state index in [1.165, 1.54) is 38.5 Å². The lowest BCUT2D eigenvalue weighted by atomic mass is 9.90. The van der Waals surface area contributed by atoms with Crippen LogP contribution in [-0.2, 0) is 0 Å². The van der Waals surface area contributed by atoms with Gasteiger partial charge in [0.25, 0.3) is 0 Å². The topological polar surface area (TPSA) is 58.7 Å². The summed E-state index contributed by atoms with van der Waals surface area (Å²) in [6.07, 6.45) is 9.90. The predicted octanol–water partition coefficient (Wildman–Crippen LogP) is 2.28. The third-order valence-electron chi connectivity index (χ3n) is 4.33. The van der Waals surface area contributed by atoms with Crippen molar-refractivity contribution in [1.82, 2.24) is 4.90 Å². The highest BCUT2D eigenvalue weighted by Gasteiger charge is 2.45. The number of rotatable bonds is 2. The molecule has 1 atom stereocenters. The van der Waals surface area contributed by atoms with Crippen molar-refractivity contribution in [2.24, 2.45) is 16.6 Å². The van der Waals surface area contributed by atoms with E-state index in [0.717, 1.165) is 12.8 Å². The molecular weight excluding hydrogens is 214 g/mol. The fraction of sp³-hybridized carbons (Fsp3) is 0.846. The van der Waals surface area contributed by atoms with Gasteiger partial charge in [0.1, 0.15) is 5.84 Å². The molecule has 0 saturated heterocycles. The number of nitrogens with two attached hydrogens (primary N) is 1. The van der Waals surface area contributed by atoms with Gasteiger partial charge in [0.05, 0.1) is 6.04 Å². The zero-order chi connectivity index (χ0) is 11.8. The average molecular weight is 235 g/mol. The minimum atomic E-state index is -0.0840. The molecule has 17 heavy (non-hydrogen) atoms. The van der Waals surface area contributed by atoms with E-state index in [0.29, 0.717) is 17.8 Å². The summed E-state index contributed by atoms with van der Waals surface area (Å²) in [7, 11) is 0. The van der Waals surface area contributed by atoms with Crippen molar-refractivity contribution in [3.8, 4) is 0 Å². The second-order valence-electron chi connectivity index (χ2n) is 5.65. The Morgan fingerprint density at radius 3 is 2.29 bits per heavy atom. The number of amides is 2. The van der Waals surface area contributed by atoms with Gasteiger partial charge in [0.15, 0.2) is 0 Å². The quantitative estimate of drug-likeness (QED) is 0.746. The van der Waals surface area contributed by atoms with Gasteiger partial charge >= 0.3 is 6.03 Å². The number of aliphatic imine (C=N–C) groups is 1. The van der Waals surface area contributed by atoms with Crippen molar-refractivity contribution in [2.45, 2.75) is 63.5 Å². The number of hydrogen-bond acceptors (Lipinski definition) is 2. The van der Waals surface area contributed by atoms with Crippen LogP contribution in [0.2, 0.25) is 0 Å². The monoisotopic (exact) mass is 235 g/mol. The standard InChI is InChI=1S/C13H21N3O/c14-12-11(9-5-3-1-2-4-6-9)16(10-7-8-10)13(17)15-12/h9-11H,1-8H2,(H2,14,15,17). The van der Waals surface area contributed by atoms with Gasteiger partial charge in [-0.05, 0) is 31.6 Å². The fourth-order valence-electron chi connectivity index (χ4n) is 3.33. The summed E-state index contributed by atoms with van der Waals surface area (Å²) in [6.45, 7) is 0. The van der Waals surface area contributed by atoms with E-state index in [2.05, 4.69) is 4.99 Å². The summed E-state index contributed by atoms with van der Waals surface area (Å²) in [5, 5.41) is 0. The lowest BCUT2D eigenvalue weighted by molar-refractivity contribution is 0.180. The number of carbonyl (C=O) groups excluding carboxylic acids is 1. The first-order valence-corrected chi connectivity index (χ1v) is 6.94. The second kappa shape index (κ2) is 4.31. The molecule has 2 saturated carbocycles. The molecule has 0 bridgehead atoms. The Morgan fingerprint density at radius 2 is 1.71 bits per heavy atom. The van der Waals surface area contributed by atoms with E-state index in [4.69, 9.17) is 5.73 Å². The Hall–Kier alpha value is -1.06. The molecule has 0 aromatic heterocycles. The van der Waals surface area contributed by atoms with E-state index in [1.807, 2.05) is 4.90 Å². The molecule has 1 unspecified atom stereocenters. The van der Waals surface area contributed by atoms with E-state index < -0.39 is 0 Å². The van der Waals surface area contributed by atoms with Crippen molar-refractivity contribution in [3.05, 3.63) is 0 Å². The summed E-state index contributed by atoms with van der Waals surface area (Å²) in [4.78, 5) is 17.8. The van der Waals surface area contributed by atoms with Crippen molar-refractivity contribution in [3.63, 3.8) is 0 Å². The van der Waals surface area contributed by atoms with E-state index in [1.54, 1.807) is 0 Å². The largest absolute Gasteiger partial charge is 0.385 e. The van der Waals surface area contributed by atoms with Crippen molar-refractivity contribution in [2.75, 3.05) is 0 Å². The van der Waals surface area contributed by atoms with E-state index >= 15 is 0 Å². The molecule has 3 aliphatic rings. The Balaban J connectivity index is 1.78. The Bertz CT molecular complexity index is 341. The van der Waals surface area contributed by atoms with Gasteiger partial charge in [-0.3, -0.25) is 0 Å². The van der Waals surface area contributed by atoms with E-state index in [-0.39, 0.29) is 12.1 Å². The number of urea groups is 1. The van der Waals surface area contributed by atoms with Crippen LogP contribution in [0.15, 0.2) is 4.99 Å². The van der Waals surface area contributed by atoms with Crippen LogP contribution in [0.4, 0.5) is 4.79 Å². The molecule has 2 N–H and O–H groups in total. The van der Waals surface area contributed by atoms with Crippen LogP contribution in [0.5, 0.6) is 0 Å². The number of nitrogens with zero attached hydrogens (tertiary/aromatic N) is 2. The third-order valence-corrected chi connectivity index (χ3v) is 4.33. The SMILES string of the molecule is NC1=NC(=O)N(C2CC2)C1C1CCCCCC1. The van der Waals surface area contributed by atoms with Crippen LogP contribution in [0, 0.1) is 5.92 Å². The molecule has 4 heteroatoms. The van der Waals surface area contributed by atoms with Crippen LogP contribution >= 0.6 is 0 Å². The molecule has 2 aliphatic carbocycles. The van der Waals surface area contributed by atoms with Crippen molar-refractivity contribution < 1.29 is 4.79 Å². The first-order chi connectivity index (χ1) is 8.27. The molecule has 0 spiro atoms. The van der Waals surface area contributed by atoms with Gasteiger partial charge in [-0.15, -0.1) is 0 Å². The third kappa shape index (κ3) is 2.05. The van der Waals surface area contributed by atoms with Gasteiger partial charge in [0, 0.05) is 6.04 Å². The molecule has 0 aromatic rings. The molecular formula is C13H21N3O. The number of hydrogen-bond donors (Lipinski definition) is 1. The van der Waals surface area contributed by atoms with Crippen LogP contribution in [0.1, 0.15) is 51.4 Å². The molecule has 3 rings (SSSR count). The smallest absolute Gasteiger partial charge is 0.346 e. The van der Waals surface area contributed by atoms with Crippen LogP contribution < -0.4 is 5.73 Å². The normalized spacial score (nSPS) is 31.5. The lowest BCUT2D eigenvalue weighted by Crippen LogP contribution is -2.46. The Kier molecular flexibility index (Phi) is 2.81. The highest BCUT2D eigenvalue weighted by atomic mass is 16.2. The lowest BCUT2D eigenvalue weighted by Gasteiger charge is -2.30.